The van der Waals surface area contributed by atoms with Gasteiger partial charge in [-0.15, -0.1) is 0 Å². The molecule has 4 nitrogen and oxygen atoms in total. The second-order valence-corrected chi connectivity index (χ2v) is 6.86. The molecule has 0 bridgehead atoms. The molecule has 0 atom stereocenters. The maximum absolute atomic E-state index is 12.7. The first-order chi connectivity index (χ1) is 11.3. The molecule has 2 aromatic rings. The van der Waals surface area contributed by atoms with Crippen molar-refractivity contribution in [3.8, 4) is 0 Å². The number of nitrogens with one attached hydrogen (secondary N) is 1. The zero-order chi connectivity index (χ0) is 15.6. The molecule has 1 aromatic heterocycles. The standard InChI is InChI=1S/C19H25N3O/c23-19(15-5-2-1-3-6-15)22-13-11-21(12-14-22)18-8-4-7-17-16(18)9-10-20-17/h4,7-10,15,20H,1-3,5-6,11-14H2. The molecular formula is C19H25N3O. The molecule has 1 saturated carbocycles. The maximum Gasteiger partial charge on any atom is 0.225 e. The number of aromatic amines is 1. The molecule has 122 valence electrons. The van der Waals surface area contributed by atoms with E-state index in [4.69, 9.17) is 0 Å². The SMILES string of the molecule is O=C(C1CCCCC1)N1CCN(c2cccc3[nH]ccc23)CC1. The normalized spacial score (nSPS) is 20.2. The summed E-state index contributed by atoms with van der Waals surface area (Å²) >= 11 is 0. The van der Waals surface area contributed by atoms with Crippen LogP contribution in [0.25, 0.3) is 10.9 Å². The molecule has 1 aromatic carbocycles. The minimum Gasteiger partial charge on any atom is -0.367 e. The quantitative estimate of drug-likeness (QED) is 0.923. The lowest BCUT2D eigenvalue weighted by Crippen LogP contribution is -2.50. The molecule has 2 aliphatic rings. The molecule has 23 heavy (non-hydrogen) atoms. The number of rotatable bonds is 2. The maximum atomic E-state index is 12.7. The van der Waals surface area contributed by atoms with Gasteiger partial charge in [0.15, 0.2) is 0 Å². The zero-order valence-electron chi connectivity index (χ0n) is 13.6. The number of piperazine rings is 1. The summed E-state index contributed by atoms with van der Waals surface area (Å²) in [5.41, 5.74) is 2.47. The fourth-order valence-electron chi connectivity index (χ4n) is 4.12. The topological polar surface area (TPSA) is 39.3 Å². The number of hydrogen-bond donors (Lipinski definition) is 1. The van der Waals surface area contributed by atoms with Gasteiger partial charge in [0.25, 0.3) is 0 Å². The van der Waals surface area contributed by atoms with E-state index in [9.17, 15) is 4.79 Å². The monoisotopic (exact) mass is 311 g/mol. The van der Waals surface area contributed by atoms with E-state index >= 15 is 0 Å². The first kappa shape index (κ1) is 14.6. The fraction of sp³-hybridized carbons (Fsp3) is 0.526. The van der Waals surface area contributed by atoms with Crippen LogP contribution in [-0.2, 0) is 4.79 Å². The molecule has 4 heteroatoms. The number of nitrogens with zero attached hydrogens (tertiary/aromatic N) is 2. The summed E-state index contributed by atoms with van der Waals surface area (Å²) in [6.45, 7) is 3.58. The molecule has 1 aliphatic heterocycles. The van der Waals surface area contributed by atoms with Crippen LogP contribution < -0.4 is 4.90 Å². The molecule has 4 rings (SSSR count). The third kappa shape index (κ3) is 2.82. The Hall–Kier alpha value is -1.97. The van der Waals surface area contributed by atoms with Gasteiger partial charge < -0.3 is 14.8 Å². The van der Waals surface area contributed by atoms with Crippen molar-refractivity contribution >= 4 is 22.5 Å². The van der Waals surface area contributed by atoms with Gasteiger partial charge in [-0.3, -0.25) is 4.79 Å². The number of aromatic nitrogens is 1. The Balaban J connectivity index is 1.42. The summed E-state index contributed by atoms with van der Waals surface area (Å²) in [5.74, 6) is 0.701. The van der Waals surface area contributed by atoms with E-state index in [1.165, 1.54) is 35.9 Å². The summed E-state index contributed by atoms with van der Waals surface area (Å²) in [4.78, 5) is 20.5. The van der Waals surface area contributed by atoms with Gasteiger partial charge in [-0.2, -0.15) is 0 Å². The van der Waals surface area contributed by atoms with Crippen LogP contribution in [0.15, 0.2) is 30.5 Å². The highest BCUT2D eigenvalue weighted by atomic mass is 16.2. The van der Waals surface area contributed by atoms with Crippen molar-refractivity contribution in [3.05, 3.63) is 30.5 Å². The Kier molecular flexibility index (Phi) is 3.98. The van der Waals surface area contributed by atoms with Crippen LogP contribution in [0, 0.1) is 5.92 Å². The van der Waals surface area contributed by atoms with Gasteiger partial charge in [0, 0.05) is 54.9 Å². The highest BCUT2D eigenvalue weighted by Crippen LogP contribution is 2.29. The van der Waals surface area contributed by atoms with Crippen molar-refractivity contribution < 1.29 is 4.79 Å². The number of carbonyl (C=O) groups excluding carboxylic acids is 1. The lowest BCUT2D eigenvalue weighted by atomic mass is 9.88. The van der Waals surface area contributed by atoms with Crippen LogP contribution >= 0.6 is 0 Å². The van der Waals surface area contributed by atoms with Gasteiger partial charge in [0.1, 0.15) is 0 Å². The predicted octanol–water partition coefficient (Wildman–Crippen LogP) is 3.40. The third-order valence-corrected chi connectivity index (χ3v) is 5.46. The number of benzene rings is 1. The van der Waals surface area contributed by atoms with Gasteiger partial charge in [0.05, 0.1) is 0 Å². The summed E-state index contributed by atoms with van der Waals surface area (Å²) in [6, 6.07) is 8.55. The molecular weight excluding hydrogens is 286 g/mol. The minimum absolute atomic E-state index is 0.295. The molecule has 0 spiro atoms. The average Bonchev–Trinajstić information content (AvgIpc) is 3.11. The van der Waals surface area contributed by atoms with Crippen molar-refractivity contribution in [2.45, 2.75) is 32.1 Å². The number of anilines is 1. The summed E-state index contributed by atoms with van der Waals surface area (Å²) < 4.78 is 0. The van der Waals surface area contributed by atoms with E-state index in [1.54, 1.807) is 0 Å². The number of amides is 1. The highest BCUT2D eigenvalue weighted by molar-refractivity contribution is 5.92. The van der Waals surface area contributed by atoms with Gasteiger partial charge in [-0.25, -0.2) is 0 Å². The lowest BCUT2D eigenvalue weighted by Gasteiger charge is -2.38. The Bertz CT molecular complexity index is 679. The van der Waals surface area contributed by atoms with Crippen molar-refractivity contribution in [2.24, 2.45) is 5.92 Å². The summed E-state index contributed by atoms with van der Waals surface area (Å²) in [5, 5.41) is 1.28. The number of fused-ring (bicyclic) bond motifs is 1. The van der Waals surface area contributed by atoms with Crippen molar-refractivity contribution in [2.75, 3.05) is 31.1 Å². The molecule has 1 N–H and O–H groups in total. The van der Waals surface area contributed by atoms with Crippen LogP contribution in [0.5, 0.6) is 0 Å². The molecule has 0 radical (unpaired) electrons. The van der Waals surface area contributed by atoms with Crippen LogP contribution in [0.3, 0.4) is 0 Å². The number of H-pyrrole nitrogens is 1. The van der Waals surface area contributed by atoms with Gasteiger partial charge >= 0.3 is 0 Å². The highest BCUT2D eigenvalue weighted by Gasteiger charge is 2.28. The molecule has 1 aliphatic carbocycles. The van der Waals surface area contributed by atoms with E-state index in [0.717, 1.165) is 39.0 Å². The Morgan fingerprint density at radius 1 is 1.00 bits per heavy atom. The number of hydrogen-bond acceptors (Lipinski definition) is 2. The fourth-order valence-corrected chi connectivity index (χ4v) is 4.12. The van der Waals surface area contributed by atoms with Crippen molar-refractivity contribution in [3.63, 3.8) is 0 Å². The average molecular weight is 311 g/mol. The van der Waals surface area contributed by atoms with E-state index in [-0.39, 0.29) is 0 Å². The summed E-state index contributed by atoms with van der Waals surface area (Å²) in [7, 11) is 0. The van der Waals surface area contributed by atoms with Crippen LogP contribution in [0.1, 0.15) is 32.1 Å². The van der Waals surface area contributed by atoms with Crippen LogP contribution in [-0.4, -0.2) is 42.0 Å². The summed E-state index contributed by atoms with van der Waals surface area (Å²) in [6.07, 6.45) is 7.95. The molecule has 1 saturated heterocycles. The first-order valence-corrected chi connectivity index (χ1v) is 8.93. The molecule has 0 unspecified atom stereocenters. The second-order valence-electron chi connectivity index (χ2n) is 6.86. The minimum atomic E-state index is 0.295. The molecule has 2 fully saturated rings. The molecule has 1 amide bonds. The zero-order valence-corrected chi connectivity index (χ0v) is 13.6. The van der Waals surface area contributed by atoms with Gasteiger partial charge in [0.2, 0.25) is 5.91 Å². The van der Waals surface area contributed by atoms with E-state index in [2.05, 4.69) is 39.0 Å². The molecule has 2 heterocycles. The van der Waals surface area contributed by atoms with E-state index in [1.807, 2.05) is 6.20 Å². The van der Waals surface area contributed by atoms with E-state index < -0.39 is 0 Å². The van der Waals surface area contributed by atoms with Crippen LogP contribution in [0.4, 0.5) is 5.69 Å². The Morgan fingerprint density at radius 2 is 1.78 bits per heavy atom. The predicted molar refractivity (Wildman–Crippen MR) is 93.7 cm³/mol. The lowest BCUT2D eigenvalue weighted by molar-refractivity contribution is -0.136. The number of carbonyl (C=O) groups is 1. The van der Waals surface area contributed by atoms with Gasteiger partial charge in [-0.05, 0) is 31.0 Å². The Morgan fingerprint density at radius 3 is 2.57 bits per heavy atom. The van der Waals surface area contributed by atoms with Crippen LogP contribution in [0.2, 0.25) is 0 Å². The Labute approximate surface area is 137 Å². The largest absolute Gasteiger partial charge is 0.367 e. The van der Waals surface area contributed by atoms with Crippen molar-refractivity contribution in [1.82, 2.24) is 9.88 Å². The van der Waals surface area contributed by atoms with Crippen molar-refractivity contribution in [1.29, 1.82) is 0 Å². The second kappa shape index (κ2) is 6.26. The van der Waals surface area contributed by atoms with Gasteiger partial charge in [-0.1, -0.05) is 25.3 Å². The smallest absolute Gasteiger partial charge is 0.225 e. The first-order valence-electron chi connectivity index (χ1n) is 8.93. The third-order valence-electron chi connectivity index (χ3n) is 5.46. The van der Waals surface area contributed by atoms with E-state index in [0.29, 0.717) is 11.8 Å².